The third kappa shape index (κ3) is 22.4. The van der Waals surface area contributed by atoms with Crippen LogP contribution in [-0.4, -0.2) is 113 Å². The molecule has 4 heterocycles. The van der Waals surface area contributed by atoms with E-state index in [4.69, 9.17) is 15.2 Å². The number of benzene rings is 4. The van der Waals surface area contributed by atoms with E-state index in [1.54, 1.807) is 65.8 Å². The first kappa shape index (κ1) is 82.3. The molecule has 97 heavy (non-hydrogen) atoms. The number of aryl methyl sites for hydroxylation is 6. The van der Waals surface area contributed by atoms with Gasteiger partial charge in [0, 0.05) is 75.6 Å². The van der Waals surface area contributed by atoms with Crippen LogP contribution in [0.1, 0.15) is 153 Å². The van der Waals surface area contributed by atoms with Crippen molar-refractivity contribution in [2.45, 2.75) is 164 Å². The number of aliphatic carboxylic acids is 1. The van der Waals surface area contributed by atoms with Crippen LogP contribution in [0.15, 0.2) is 82.6 Å². The Hall–Kier alpha value is -7.12. The third-order valence-electron chi connectivity index (χ3n) is 16.9. The molecule has 4 aromatic carbocycles. The topological polar surface area (TPSA) is 183 Å². The summed E-state index contributed by atoms with van der Waals surface area (Å²) in [5, 5.41) is 9.34. The molecule has 2 aliphatic rings. The molecule has 0 amide bonds. The van der Waals surface area contributed by atoms with Crippen molar-refractivity contribution in [2.75, 3.05) is 52.5 Å². The summed E-state index contributed by atoms with van der Waals surface area (Å²) in [4.78, 5) is 78.9. The van der Waals surface area contributed by atoms with Crippen molar-refractivity contribution in [1.82, 2.24) is 18.9 Å². The van der Waals surface area contributed by atoms with Crippen LogP contribution in [-0.2, 0) is 41.5 Å². The largest absolute Gasteiger partial charge is 0.480 e. The van der Waals surface area contributed by atoms with E-state index in [2.05, 4.69) is 0 Å². The number of ketones is 1. The standard InChI is InChI=1S/C37H44F4N2O4.C20H23F2NO2.C16H22F2N2O3.2H2S/c1-7-47-34(45)17-26(30-15-27(11-24(6)36(30)41)35-22(4)12-28(38)13-23(35)5)16-33(44)32(10-21(2)3)43-18-25(14-31(40)37(43)46)8-9-42-19-29(39)20-42;1-5-25-18(24)10-17(23)16-9-14(6-13(4)20(16)22)19-11(2)7-15(21)8-12(19)3;1-10(2)5-14(16(22)23)20-7-11(6-13(18)15(20)21)3-4-19-8-12(17)9-19;;/h11-15,18,21,26,29,32H,7-10,16-17,19-20H2,1-6H3;6-9,17H,5,10,23H2,1-4H3;6-7,10,12,14H,3-5,8-9H2,1-2H3,(H,22,23);2*1H2/t26-,32?;17-;;;/m00.../s1. The number of esters is 2. The van der Waals surface area contributed by atoms with Crippen LogP contribution in [0.25, 0.3) is 22.3 Å². The number of aromatic nitrogens is 2. The van der Waals surface area contributed by atoms with Gasteiger partial charge in [-0.15, -0.1) is 0 Å². The second-order valence-corrected chi connectivity index (χ2v) is 25.9. The van der Waals surface area contributed by atoms with E-state index >= 15 is 8.78 Å². The zero-order valence-corrected chi connectivity index (χ0v) is 59.3. The molecule has 2 saturated heterocycles. The van der Waals surface area contributed by atoms with Crippen molar-refractivity contribution >= 4 is 50.7 Å². The number of nitrogens with two attached hydrogens (primary N) is 1. The molecule has 6 aromatic rings. The van der Waals surface area contributed by atoms with E-state index in [-0.39, 0.29) is 107 Å². The second kappa shape index (κ2) is 37.2. The van der Waals surface area contributed by atoms with E-state index < -0.39 is 100 Å². The summed E-state index contributed by atoms with van der Waals surface area (Å²) in [6.45, 7) is 23.9. The number of carbonyl (C=O) groups is 4. The fourth-order valence-corrected chi connectivity index (χ4v) is 12.3. The molecule has 4 atom stereocenters. The Bertz CT molecular complexity index is 3810. The van der Waals surface area contributed by atoms with Crippen LogP contribution in [0.3, 0.4) is 0 Å². The number of ether oxygens (including phenoxy) is 2. The first-order chi connectivity index (χ1) is 44.7. The Morgan fingerprint density at radius 1 is 0.536 bits per heavy atom. The van der Waals surface area contributed by atoms with Gasteiger partial charge in [0.1, 0.15) is 41.7 Å². The molecule has 2 fully saturated rings. The van der Waals surface area contributed by atoms with Crippen LogP contribution in [0.5, 0.6) is 0 Å². The number of hydrogen-bond acceptors (Lipinski definition) is 11. The quantitative estimate of drug-likeness (QED) is 0.0388. The van der Waals surface area contributed by atoms with Gasteiger partial charge in [0.25, 0.3) is 11.1 Å². The lowest BCUT2D eigenvalue weighted by molar-refractivity contribution is -0.144. The highest BCUT2D eigenvalue weighted by Crippen LogP contribution is 2.38. The van der Waals surface area contributed by atoms with Gasteiger partial charge in [-0.3, -0.25) is 38.3 Å². The SMILES string of the molecule is CC(C)CC(C(=O)O)n1cc(CCN2CC(F)C2)cc(F)c1=O.CCOC(=O)C[C@H](CC(=O)C(CC(C)C)n1cc(CCN2CC(F)C2)cc(F)c1=O)c1cc(-c2c(C)cc(F)cc2C)cc(C)c1F.CCOC(=O)C[C@H](N)c1cc(-c2c(C)cc(F)cc2C)cc(C)c1F.S.S. The van der Waals surface area contributed by atoms with E-state index in [0.29, 0.717) is 91.1 Å². The number of carbonyl (C=O) groups excluding carboxylic acids is 3. The molecular formula is C73H93F8N5O9S2. The van der Waals surface area contributed by atoms with Crippen molar-refractivity contribution in [1.29, 1.82) is 0 Å². The predicted octanol–water partition coefficient (Wildman–Crippen LogP) is 13.9. The number of rotatable bonds is 26. The number of hydrogen-bond donors (Lipinski definition) is 2. The fraction of sp³-hybridized carbons (Fsp3) is 0.479. The summed E-state index contributed by atoms with van der Waals surface area (Å²) in [6, 6.07) is 11.6. The summed E-state index contributed by atoms with van der Waals surface area (Å²) in [5.41, 5.74) is 12.0. The zero-order chi connectivity index (χ0) is 70.4. The lowest BCUT2D eigenvalue weighted by atomic mass is 9.84. The molecular weight excluding hydrogens is 1310 g/mol. The van der Waals surface area contributed by atoms with Gasteiger partial charge < -0.3 is 24.9 Å². The number of carboxylic acids is 1. The predicted molar refractivity (Wildman–Crippen MR) is 371 cm³/mol. The number of nitrogens with zero attached hydrogens (tertiary/aromatic N) is 4. The summed E-state index contributed by atoms with van der Waals surface area (Å²) in [7, 11) is 0. The smallest absolute Gasteiger partial charge is 0.326 e. The van der Waals surface area contributed by atoms with Crippen molar-refractivity contribution < 1.29 is 68.9 Å². The van der Waals surface area contributed by atoms with Gasteiger partial charge in [0.15, 0.2) is 17.4 Å². The molecule has 532 valence electrons. The Kier molecular flexibility index (Phi) is 31.5. The van der Waals surface area contributed by atoms with Gasteiger partial charge in [0.2, 0.25) is 0 Å². The average molecular weight is 1400 g/mol. The van der Waals surface area contributed by atoms with Gasteiger partial charge in [0.05, 0.1) is 32.1 Å². The monoisotopic (exact) mass is 1400 g/mol. The van der Waals surface area contributed by atoms with Gasteiger partial charge in [-0.25, -0.2) is 39.9 Å². The maximum atomic E-state index is 16.0. The third-order valence-corrected chi connectivity index (χ3v) is 16.9. The van der Waals surface area contributed by atoms with Crippen LogP contribution in [0, 0.1) is 88.3 Å². The summed E-state index contributed by atoms with van der Waals surface area (Å²) in [6.07, 6.45) is 1.74. The molecule has 0 spiro atoms. The Morgan fingerprint density at radius 3 is 1.29 bits per heavy atom. The first-order valence-electron chi connectivity index (χ1n) is 32.2. The Labute approximate surface area is 576 Å². The van der Waals surface area contributed by atoms with Crippen LogP contribution in [0.4, 0.5) is 35.1 Å². The number of alkyl halides is 2. The molecule has 2 unspecified atom stereocenters. The van der Waals surface area contributed by atoms with E-state index in [1.807, 2.05) is 51.3 Å². The fourth-order valence-electron chi connectivity index (χ4n) is 12.3. The molecule has 0 aliphatic carbocycles. The minimum atomic E-state index is -1.15. The van der Waals surface area contributed by atoms with E-state index in [0.717, 1.165) is 43.5 Å². The van der Waals surface area contributed by atoms with Gasteiger partial charge in [-0.2, -0.15) is 27.0 Å². The van der Waals surface area contributed by atoms with E-state index in [9.17, 15) is 60.2 Å². The second-order valence-electron chi connectivity index (χ2n) is 25.9. The number of halogens is 8. The molecule has 3 N–H and O–H groups in total. The Morgan fingerprint density at radius 2 is 0.907 bits per heavy atom. The minimum Gasteiger partial charge on any atom is -0.480 e. The lowest BCUT2D eigenvalue weighted by Crippen LogP contribution is -2.49. The molecule has 0 bridgehead atoms. The number of carboxylic acid groups (broad SMARTS) is 1. The van der Waals surface area contributed by atoms with Crippen molar-refractivity contribution in [3.8, 4) is 22.3 Å². The summed E-state index contributed by atoms with van der Waals surface area (Å²) < 4.78 is 125. The first-order valence-corrected chi connectivity index (χ1v) is 32.2. The highest BCUT2D eigenvalue weighted by Gasteiger charge is 2.33. The van der Waals surface area contributed by atoms with Gasteiger partial charge in [-0.1, -0.05) is 27.7 Å². The molecule has 8 rings (SSSR count). The molecule has 0 saturated carbocycles. The van der Waals surface area contributed by atoms with E-state index in [1.165, 1.54) is 36.7 Å². The van der Waals surface area contributed by atoms with Gasteiger partial charge in [-0.05, 0) is 226 Å². The maximum absolute atomic E-state index is 16.0. The normalized spacial score (nSPS) is 14.5. The molecule has 24 heteroatoms. The van der Waals surface area contributed by atoms with Crippen LogP contribution >= 0.6 is 27.0 Å². The van der Waals surface area contributed by atoms with Crippen LogP contribution in [0.2, 0.25) is 0 Å². The highest BCUT2D eigenvalue weighted by atomic mass is 32.1. The molecule has 14 nitrogen and oxygen atoms in total. The highest BCUT2D eigenvalue weighted by molar-refractivity contribution is 7.59. The van der Waals surface area contributed by atoms with Crippen LogP contribution < -0.4 is 16.9 Å². The van der Waals surface area contributed by atoms with Crippen molar-refractivity contribution in [3.63, 3.8) is 0 Å². The molecule has 0 radical (unpaired) electrons. The minimum absolute atomic E-state index is 0. The van der Waals surface area contributed by atoms with Crippen molar-refractivity contribution in [3.05, 3.63) is 184 Å². The summed E-state index contributed by atoms with van der Waals surface area (Å²) >= 11 is 0. The zero-order valence-electron chi connectivity index (χ0n) is 57.3. The number of pyridine rings is 2. The lowest BCUT2D eigenvalue weighted by Gasteiger charge is -2.34. The Balaban J connectivity index is 0.000000337. The number of likely N-dealkylation sites (tertiary alicyclic amines) is 2. The van der Waals surface area contributed by atoms with Crippen molar-refractivity contribution in [2.24, 2.45) is 17.6 Å². The molecule has 2 aliphatic heterocycles. The average Bonchev–Trinajstić information content (AvgIpc) is 0.781. The van der Waals surface area contributed by atoms with Gasteiger partial charge >= 0.3 is 17.9 Å². The number of Topliss-reactive ketones (excluding diaryl/α,β-unsaturated/α-hetero) is 1. The molecule has 2 aromatic heterocycles. The maximum Gasteiger partial charge on any atom is 0.326 e. The summed E-state index contributed by atoms with van der Waals surface area (Å²) in [5.74, 6) is -7.34.